The average molecular weight is 267 g/mol. The van der Waals surface area contributed by atoms with Crippen LogP contribution in [0, 0.1) is 0 Å². The van der Waals surface area contributed by atoms with Gasteiger partial charge in [-0.25, -0.2) is 4.79 Å². The molecule has 0 radical (unpaired) electrons. The number of carbonyl (C=O) groups is 2. The Labute approximate surface area is 115 Å². The molecule has 4 nitrogen and oxygen atoms in total. The van der Waals surface area contributed by atoms with Crippen LogP contribution < -0.4 is 0 Å². The lowest BCUT2D eigenvalue weighted by molar-refractivity contribution is -0.186. The SMILES string of the molecule is C=C1CCC(=O)N1OC(=O)CCCCCCCCC. The zero-order valence-electron chi connectivity index (χ0n) is 12.0. The normalized spacial score (nSPS) is 15.1. The quantitative estimate of drug-likeness (QED) is 0.598. The maximum atomic E-state index is 11.6. The minimum atomic E-state index is -0.329. The van der Waals surface area contributed by atoms with Crippen molar-refractivity contribution in [1.82, 2.24) is 5.06 Å². The van der Waals surface area contributed by atoms with Gasteiger partial charge in [0, 0.05) is 12.8 Å². The molecule has 0 aromatic heterocycles. The van der Waals surface area contributed by atoms with Gasteiger partial charge in [0.15, 0.2) is 0 Å². The second-order valence-corrected chi connectivity index (χ2v) is 5.09. The lowest BCUT2D eigenvalue weighted by Crippen LogP contribution is -2.26. The molecule has 0 aromatic carbocycles. The highest BCUT2D eigenvalue weighted by molar-refractivity contribution is 5.82. The predicted octanol–water partition coefficient (Wildman–Crippen LogP) is 3.72. The molecule has 0 saturated carbocycles. The second-order valence-electron chi connectivity index (χ2n) is 5.09. The molecule has 19 heavy (non-hydrogen) atoms. The molecule has 1 amide bonds. The number of allylic oxidation sites excluding steroid dienone is 1. The number of nitrogens with zero attached hydrogens (tertiary/aromatic N) is 1. The third-order valence-corrected chi connectivity index (χ3v) is 3.32. The van der Waals surface area contributed by atoms with Crippen LogP contribution in [-0.2, 0) is 14.4 Å². The second kappa shape index (κ2) is 8.73. The Morgan fingerprint density at radius 3 is 2.37 bits per heavy atom. The number of hydrogen-bond donors (Lipinski definition) is 0. The van der Waals surface area contributed by atoms with E-state index in [1.807, 2.05) is 0 Å². The fourth-order valence-corrected chi connectivity index (χ4v) is 2.12. The van der Waals surface area contributed by atoms with Crippen molar-refractivity contribution in [3.05, 3.63) is 12.3 Å². The number of carbonyl (C=O) groups excluding carboxylic acids is 2. The van der Waals surface area contributed by atoms with Gasteiger partial charge in [0.05, 0.1) is 5.70 Å². The van der Waals surface area contributed by atoms with E-state index in [0.29, 0.717) is 25.0 Å². The van der Waals surface area contributed by atoms with Crippen LogP contribution >= 0.6 is 0 Å². The number of unbranched alkanes of at least 4 members (excludes halogenated alkanes) is 6. The predicted molar refractivity (Wildman–Crippen MR) is 73.9 cm³/mol. The summed E-state index contributed by atoms with van der Waals surface area (Å²) in [6.45, 7) is 5.90. The van der Waals surface area contributed by atoms with Crippen molar-refractivity contribution in [2.75, 3.05) is 0 Å². The van der Waals surface area contributed by atoms with Crippen molar-refractivity contribution in [1.29, 1.82) is 0 Å². The Kier molecular flexibility index (Phi) is 7.23. The van der Waals surface area contributed by atoms with Gasteiger partial charge in [-0.05, 0) is 12.8 Å². The average Bonchev–Trinajstić information content (AvgIpc) is 2.69. The van der Waals surface area contributed by atoms with Gasteiger partial charge in [-0.1, -0.05) is 52.0 Å². The summed E-state index contributed by atoms with van der Waals surface area (Å²) in [5, 5.41) is 1.06. The van der Waals surface area contributed by atoms with Crippen LogP contribution in [0.1, 0.15) is 71.1 Å². The molecular formula is C15H25NO3. The third-order valence-electron chi connectivity index (χ3n) is 3.32. The fraction of sp³-hybridized carbons (Fsp3) is 0.733. The number of hydroxylamine groups is 2. The van der Waals surface area contributed by atoms with Crippen LogP contribution in [0.4, 0.5) is 0 Å². The van der Waals surface area contributed by atoms with Crippen LogP contribution in [0.3, 0.4) is 0 Å². The van der Waals surface area contributed by atoms with Crippen molar-refractivity contribution in [2.45, 2.75) is 71.1 Å². The van der Waals surface area contributed by atoms with Gasteiger partial charge in [-0.3, -0.25) is 4.79 Å². The standard InChI is InChI=1S/C15H25NO3/c1-3-4-5-6-7-8-9-10-15(18)19-16-13(2)11-12-14(16)17/h2-12H2,1H3. The van der Waals surface area contributed by atoms with E-state index in [1.165, 1.54) is 32.1 Å². The maximum Gasteiger partial charge on any atom is 0.333 e. The number of amides is 1. The zero-order chi connectivity index (χ0) is 14.1. The Morgan fingerprint density at radius 1 is 1.16 bits per heavy atom. The first-order valence-corrected chi connectivity index (χ1v) is 7.36. The lowest BCUT2D eigenvalue weighted by Gasteiger charge is -2.15. The molecule has 4 heteroatoms. The van der Waals surface area contributed by atoms with E-state index in [9.17, 15) is 9.59 Å². The minimum absolute atomic E-state index is 0.169. The van der Waals surface area contributed by atoms with Gasteiger partial charge in [0.2, 0.25) is 0 Å². The smallest absolute Gasteiger partial charge is 0.333 e. The molecular weight excluding hydrogens is 242 g/mol. The summed E-state index contributed by atoms with van der Waals surface area (Å²) < 4.78 is 0. The maximum absolute atomic E-state index is 11.6. The summed E-state index contributed by atoms with van der Waals surface area (Å²) in [5.41, 5.74) is 0.581. The molecule has 1 fully saturated rings. The van der Waals surface area contributed by atoms with Crippen molar-refractivity contribution in [2.24, 2.45) is 0 Å². The number of hydrogen-bond acceptors (Lipinski definition) is 3. The topological polar surface area (TPSA) is 46.6 Å². The van der Waals surface area contributed by atoms with Crippen LogP contribution in [0.2, 0.25) is 0 Å². The summed E-state index contributed by atoms with van der Waals surface area (Å²) in [6, 6.07) is 0. The largest absolute Gasteiger partial charge is 0.334 e. The number of rotatable bonds is 9. The molecule has 1 saturated heterocycles. The molecule has 1 rings (SSSR count). The van der Waals surface area contributed by atoms with E-state index in [2.05, 4.69) is 13.5 Å². The molecule has 0 N–H and O–H groups in total. The van der Waals surface area contributed by atoms with Crippen LogP contribution in [0.5, 0.6) is 0 Å². The molecule has 108 valence electrons. The summed E-state index contributed by atoms with van der Waals surface area (Å²) in [4.78, 5) is 28.0. The molecule has 0 bridgehead atoms. The fourth-order valence-electron chi connectivity index (χ4n) is 2.12. The highest BCUT2D eigenvalue weighted by atomic mass is 16.7. The summed E-state index contributed by atoms with van der Waals surface area (Å²) in [6.07, 6.45) is 9.47. The van der Waals surface area contributed by atoms with Crippen LogP contribution in [0.15, 0.2) is 12.3 Å². The Bertz CT molecular complexity index is 309. The highest BCUT2D eigenvalue weighted by Crippen LogP contribution is 2.21. The van der Waals surface area contributed by atoms with E-state index >= 15 is 0 Å². The van der Waals surface area contributed by atoms with Gasteiger partial charge >= 0.3 is 5.97 Å². The van der Waals surface area contributed by atoms with E-state index in [0.717, 1.165) is 17.9 Å². The highest BCUT2D eigenvalue weighted by Gasteiger charge is 2.27. The first-order valence-electron chi connectivity index (χ1n) is 7.36. The Hall–Kier alpha value is -1.32. The van der Waals surface area contributed by atoms with E-state index < -0.39 is 0 Å². The monoisotopic (exact) mass is 267 g/mol. The first kappa shape index (κ1) is 15.7. The van der Waals surface area contributed by atoms with Gasteiger partial charge < -0.3 is 4.84 Å². The molecule has 1 aliphatic heterocycles. The van der Waals surface area contributed by atoms with Gasteiger partial charge in [-0.2, -0.15) is 0 Å². The Balaban J connectivity index is 2.05. The summed E-state index contributed by atoms with van der Waals surface area (Å²) in [5.74, 6) is -0.497. The van der Waals surface area contributed by atoms with Gasteiger partial charge in [0.1, 0.15) is 0 Å². The van der Waals surface area contributed by atoms with E-state index in [-0.39, 0.29) is 11.9 Å². The van der Waals surface area contributed by atoms with Crippen molar-refractivity contribution < 1.29 is 14.4 Å². The van der Waals surface area contributed by atoms with Crippen LogP contribution in [-0.4, -0.2) is 16.9 Å². The summed E-state index contributed by atoms with van der Waals surface area (Å²) in [7, 11) is 0. The first-order chi connectivity index (χ1) is 9.15. The molecule has 0 aliphatic carbocycles. The minimum Gasteiger partial charge on any atom is -0.334 e. The van der Waals surface area contributed by atoms with Gasteiger partial charge in [-0.15, -0.1) is 5.06 Å². The lowest BCUT2D eigenvalue weighted by atomic mass is 10.1. The molecule has 0 aromatic rings. The van der Waals surface area contributed by atoms with E-state index in [4.69, 9.17) is 4.84 Å². The van der Waals surface area contributed by atoms with Crippen molar-refractivity contribution in [3.63, 3.8) is 0 Å². The zero-order valence-corrected chi connectivity index (χ0v) is 12.0. The molecule has 0 atom stereocenters. The molecule has 1 heterocycles. The van der Waals surface area contributed by atoms with Crippen molar-refractivity contribution in [3.8, 4) is 0 Å². The van der Waals surface area contributed by atoms with Crippen LogP contribution in [0.25, 0.3) is 0 Å². The van der Waals surface area contributed by atoms with Gasteiger partial charge in [0.25, 0.3) is 5.91 Å². The Morgan fingerprint density at radius 2 is 1.79 bits per heavy atom. The third kappa shape index (κ3) is 5.90. The molecule has 0 spiro atoms. The van der Waals surface area contributed by atoms with E-state index in [1.54, 1.807) is 0 Å². The molecule has 1 aliphatic rings. The summed E-state index contributed by atoms with van der Waals surface area (Å²) >= 11 is 0. The molecule has 0 unspecified atom stereocenters. The van der Waals surface area contributed by atoms with Crippen molar-refractivity contribution >= 4 is 11.9 Å².